The maximum atomic E-state index is 12.7. The highest BCUT2D eigenvalue weighted by molar-refractivity contribution is 5.82. The van der Waals surface area contributed by atoms with Crippen LogP contribution in [0.4, 0.5) is 0 Å². The molecule has 1 N–H and O–H groups in total. The Morgan fingerprint density at radius 1 is 1.38 bits per heavy atom. The van der Waals surface area contributed by atoms with Gasteiger partial charge in [-0.25, -0.2) is 0 Å². The van der Waals surface area contributed by atoms with Crippen LogP contribution in [0.1, 0.15) is 32.3 Å². The molecule has 1 atom stereocenters. The van der Waals surface area contributed by atoms with E-state index in [-0.39, 0.29) is 17.6 Å². The summed E-state index contributed by atoms with van der Waals surface area (Å²) in [6.45, 7) is 5.71. The van der Waals surface area contributed by atoms with E-state index < -0.39 is 0 Å². The first-order chi connectivity index (χ1) is 11.5. The number of benzene rings is 1. The van der Waals surface area contributed by atoms with Crippen LogP contribution in [0.15, 0.2) is 35.1 Å². The Labute approximate surface area is 141 Å². The molecule has 2 aromatic rings. The standard InChI is InChI=1S/C19H24N2O3/c1-13(2)11-21(19(23)17-8-5-9-24-17)12-15-10-14-6-3-4-7-16(14)20-18(15)22/h3-4,6-7,10,13,17H,5,8-9,11-12H2,1-2H3,(H,20,22)/t17-/m0/s1. The lowest BCUT2D eigenvalue weighted by atomic mass is 10.1. The highest BCUT2D eigenvalue weighted by Gasteiger charge is 2.29. The van der Waals surface area contributed by atoms with Crippen LogP contribution in [0, 0.1) is 5.92 Å². The molecule has 1 saturated heterocycles. The number of hydrogen-bond acceptors (Lipinski definition) is 3. The van der Waals surface area contributed by atoms with Gasteiger partial charge in [0, 0.05) is 24.2 Å². The maximum Gasteiger partial charge on any atom is 0.253 e. The molecule has 1 aromatic heterocycles. The molecule has 1 aromatic carbocycles. The van der Waals surface area contributed by atoms with Gasteiger partial charge in [0.05, 0.1) is 6.54 Å². The molecule has 2 heterocycles. The molecule has 128 valence electrons. The minimum Gasteiger partial charge on any atom is -0.368 e. The van der Waals surface area contributed by atoms with Gasteiger partial charge in [0.2, 0.25) is 0 Å². The van der Waals surface area contributed by atoms with E-state index >= 15 is 0 Å². The third-order valence-corrected chi connectivity index (χ3v) is 4.29. The number of para-hydroxylation sites is 1. The predicted molar refractivity (Wildman–Crippen MR) is 93.8 cm³/mol. The summed E-state index contributed by atoms with van der Waals surface area (Å²) < 4.78 is 5.54. The van der Waals surface area contributed by atoms with E-state index in [9.17, 15) is 9.59 Å². The molecule has 5 nitrogen and oxygen atoms in total. The van der Waals surface area contributed by atoms with Crippen LogP contribution < -0.4 is 5.56 Å². The lowest BCUT2D eigenvalue weighted by molar-refractivity contribution is -0.142. The van der Waals surface area contributed by atoms with Gasteiger partial charge < -0.3 is 14.6 Å². The Balaban J connectivity index is 1.87. The van der Waals surface area contributed by atoms with Crippen molar-refractivity contribution in [2.24, 2.45) is 5.92 Å². The summed E-state index contributed by atoms with van der Waals surface area (Å²) in [6, 6.07) is 9.55. The lowest BCUT2D eigenvalue weighted by Crippen LogP contribution is -2.41. The quantitative estimate of drug-likeness (QED) is 0.918. The zero-order valence-electron chi connectivity index (χ0n) is 14.2. The second kappa shape index (κ2) is 7.18. The van der Waals surface area contributed by atoms with E-state index in [0.717, 1.165) is 23.7 Å². The number of carbonyl (C=O) groups excluding carboxylic acids is 1. The number of rotatable bonds is 5. The van der Waals surface area contributed by atoms with Gasteiger partial charge in [-0.2, -0.15) is 0 Å². The summed E-state index contributed by atoms with van der Waals surface area (Å²) in [5.74, 6) is 0.323. The molecular formula is C19H24N2O3. The molecular weight excluding hydrogens is 304 g/mol. The Bertz CT molecular complexity index is 776. The van der Waals surface area contributed by atoms with Crippen molar-refractivity contribution < 1.29 is 9.53 Å². The fourth-order valence-corrected chi connectivity index (χ4v) is 3.16. The third-order valence-electron chi connectivity index (χ3n) is 4.29. The van der Waals surface area contributed by atoms with Crippen LogP contribution >= 0.6 is 0 Å². The van der Waals surface area contributed by atoms with Crippen LogP contribution in [0.2, 0.25) is 0 Å². The van der Waals surface area contributed by atoms with Crippen LogP contribution in [0.5, 0.6) is 0 Å². The van der Waals surface area contributed by atoms with Gasteiger partial charge >= 0.3 is 0 Å². The number of nitrogens with one attached hydrogen (secondary N) is 1. The molecule has 0 aliphatic carbocycles. The number of ether oxygens (including phenoxy) is 1. The minimum absolute atomic E-state index is 0.00578. The summed E-state index contributed by atoms with van der Waals surface area (Å²) in [5, 5.41) is 0.973. The number of hydrogen-bond donors (Lipinski definition) is 1. The van der Waals surface area contributed by atoms with Crippen LogP contribution in [0.25, 0.3) is 10.9 Å². The highest BCUT2D eigenvalue weighted by atomic mass is 16.5. The average Bonchev–Trinajstić information content (AvgIpc) is 3.08. The summed E-state index contributed by atoms with van der Waals surface area (Å²) in [7, 11) is 0. The van der Waals surface area contributed by atoms with E-state index in [1.807, 2.05) is 30.3 Å². The van der Waals surface area contributed by atoms with Crippen LogP contribution in [-0.4, -0.2) is 35.0 Å². The largest absolute Gasteiger partial charge is 0.368 e. The Kier molecular flexibility index (Phi) is 5.00. The second-order valence-electron chi connectivity index (χ2n) is 6.83. The monoisotopic (exact) mass is 328 g/mol. The summed E-state index contributed by atoms with van der Waals surface area (Å²) in [4.78, 5) is 29.8. The smallest absolute Gasteiger partial charge is 0.253 e. The van der Waals surface area contributed by atoms with Crippen molar-refractivity contribution in [1.82, 2.24) is 9.88 Å². The highest BCUT2D eigenvalue weighted by Crippen LogP contribution is 2.18. The molecule has 0 saturated carbocycles. The van der Waals surface area contributed by atoms with Crippen LogP contribution in [-0.2, 0) is 16.1 Å². The number of pyridine rings is 1. The molecule has 1 aliphatic heterocycles. The SMILES string of the molecule is CC(C)CN(Cc1cc2ccccc2[nH]c1=O)C(=O)[C@@H]1CCCO1. The number of H-pyrrole nitrogens is 1. The summed E-state index contributed by atoms with van der Waals surface area (Å²) >= 11 is 0. The maximum absolute atomic E-state index is 12.7. The molecule has 1 amide bonds. The topological polar surface area (TPSA) is 62.4 Å². The first kappa shape index (κ1) is 16.7. The number of amides is 1. The molecule has 0 spiro atoms. The molecule has 5 heteroatoms. The first-order valence-electron chi connectivity index (χ1n) is 8.56. The molecule has 1 fully saturated rings. The normalized spacial score (nSPS) is 17.5. The van der Waals surface area contributed by atoms with E-state index in [0.29, 0.717) is 31.2 Å². The molecule has 3 rings (SSSR count). The molecule has 0 unspecified atom stereocenters. The summed E-state index contributed by atoms with van der Waals surface area (Å²) in [5.41, 5.74) is 1.29. The lowest BCUT2D eigenvalue weighted by Gasteiger charge is -2.27. The predicted octanol–water partition coefficient (Wildman–Crippen LogP) is 2.69. The van der Waals surface area contributed by atoms with E-state index in [1.165, 1.54) is 0 Å². The fourth-order valence-electron chi connectivity index (χ4n) is 3.16. The van der Waals surface area contributed by atoms with Gasteiger partial charge in [-0.05, 0) is 36.3 Å². The average molecular weight is 328 g/mol. The van der Waals surface area contributed by atoms with Crippen molar-refractivity contribution in [3.05, 3.63) is 46.2 Å². The van der Waals surface area contributed by atoms with E-state index in [4.69, 9.17) is 4.74 Å². The molecule has 0 bridgehead atoms. The van der Waals surface area contributed by atoms with Gasteiger partial charge in [0.1, 0.15) is 6.10 Å². The molecule has 0 radical (unpaired) electrons. The second-order valence-corrected chi connectivity index (χ2v) is 6.83. The first-order valence-corrected chi connectivity index (χ1v) is 8.56. The van der Waals surface area contributed by atoms with Gasteiger partial charge in [-0.3, -0.25) is 9.59 Å². The Hall–Kier alpha value is -2.14. The van der Waals surface area contributed by atoms with Gasteiger partial charge in [-0.15, -0.1) is 0 Å². The number of aromatic amines is 1. The third kappa shape index (κ3) is 3.67. The van der Waals surface area contributed by atoms with Crippen molar-refractivity contribution >= 4 is 16.8 Å². The molecule has 1 aliphatic rings. The summed E-state index contributed by atoms with van der Waals surface area (Å²) in [6.07, 6.45) is 1.33. The van der Waals surface area contributed by atoms with Crippen molar-refractivity contribution in [3.63, 3.8) is 0 Å². The number of fused-ring (bicyclic) bond motifs is 1. The fraction of sp³-hybridized carbons (Fsp3) is 0.474. The van der Waals surface area contributed by atoms with Crippen molar-refractivity contribution in [3.8, 4) is 0 Å². The zero-order chi connectivity index (χ0) is 17.1. The van der Waals surface area contributed by atoms with Crippen molar-refractivity contribution in [2.75, 3.05) is 13.2 Å². The van der Waals surface area contributed by atoms with Gasteiger partial charge in [0.15, 0.2) is 0 Å². The van der Waals surface area contributed by atoms with E-state index in [2.05, 4.69) is 18.8 Å². The number of aromatic nitrogens is 1. The number of nitrogens with zero attached hydrogens (tertiary/aromatic N) is 1. The number of carbonyl (C=O) groups is 1. The zero-order valence-corrected chi connectivity index (χ0v) is 14.2. The van der Waals surface area contributed by atoms with Gasteiger partial charge in [-0.1, -0.05) is 32.0 Å². The van der Waals surface area contributed by atoms with Crippen molar-refractivity contribution in [2.45, 2.75) is 39.3 Å². The van der Waals surface area contributed by atoms with Gasteiger partial charge in [0.25, 0.3) is 11.5 Å². The van der Waals surface area contributed by atoms with Crippen molar-refractivity contribution in [1.29, 1.82) is 0 Å². The van der Waals surface area contributed by atoms with E-state index in [1.54, 1.807) is 4.90 Å². The Morgan fingerprint density at radius 3 is 2.88 bits per heavy atom. The van der Waals surface area contributed by atoms with Crippen LogP contribution in [0.3, 0.4) is 0 Å². The minimum atomic E-state index is -0.358. The molecule has 24 heavy (non-hydrogen) atoms. The Morgan fingerprint density at radius 2 is 2.17 bits per heavy atom.